The molecular weight excluding hydrogens is 362 g/mol. The maximum absolute atomic E-state index is 13.6. The van der Waals surface area contributed by atoms with Crippen molar-refractivity contribution in [1.82, 2.24) is 4.31 Å². The number of benzene rings is 2. The minimum Gasteiger partial charge on any atom is -0.319 e. The molecule has 0 atom stereocenters. The molecule has 0 bridgehead atoms. The van der Waals surface area contributed by atoms with Crippen LogP contribution in [0.1, 0.15) is 30.1 Å². The molecule has 5 nitrogen and oxygen atoms in total. The van der Waals surface area contributed by atoms with Crippen LogP contribution in [0.5, 0.6) is 0 Å². The van der Waals surface area contributed by atoms with Crippen molar-refractivity contribution in [2.24, 2.45) is 0 Å². The second kappa shape index (κ2) is 8.37. The Bertz CT molecular complexity index is 884. The average molecular weight is 382 g/mol. The van der Waals surface area contributed by atoms with Crippen molar-refractivity contribution in [3.8, 4) is 0 Å². The molecule has 1 N–H and O–H groups in total. The van der Waals surface area contributed by atoms with E-state index in [-0.39, 0.29) is 16.1 Å². The van der Waals surface area contributed by atoms with Gasteiger partial charge in [-0.1, -0.05) is 13.3 Å². The summed E-state index contributed by atoms with van der Waals surface area (Å²) in [6.45, 7) is 2.38. The number of hydrogen-bond donors (Lipinski definition) is 1. The first kappa shape index (κ1) is 20.0. The normalized spacial score (nSPS) is 11.6. The first-order chi connectivity index (χ1) is 12.3. The van der Waals surface area contributed by atoms with E-state index in [0.717, 1.165) is 25.0 Å². The van der Waals surface area contributed by atoms with Crippen LogP contribution in [-0.2, 0) is 10.0 Å². The van der Waals surface area contributed by atoms with Gasteiger partial charge in [0.25, 0.3) is 5.91 Å². The smallest absolute Gasteiger partial charge is 0.255 e. The van der Waals surface area contributed by atoms with E-state index < -0.39 is 27.6 Å². The summed E-state index contributed by atoms with van der Waals surface area (Å²) >= 11 is 0. The van der Waals surface area contributed by atoms with Crippen molar-refractivity contribution in [3.05, 3.63) is 59.7 Å². The van der Waals surface area contributed by atoms with Gasteiger partial charge in [-0.3, -0.25) is 4.79 Å². The number of halogens is 2. The number of carbonyl (C=O) groups is 1. The zero-order valence-corrected chi connectivity index (χ0v) is 15.3. The Hall–Kier alpha value is -2.32. The predicted octanol–water partition coefficient (Wildman–Crippen LogP) is 3.64. The monoisotopic (exact) mass is 382 g/mol. The van der Waals surface area contributed by atoms with Gasteiger partial charge in [-0.2, -0.15) is 0 Å². The molecular formula is C18H20F2N2O3S. The van der Waals surface area contributed by atoms with Gasteiger partial charge >= 0.3 is 0 Å². The molecule has 0 radical (unpaired) electrons. The summed E-state index contributed by atoms with van der Waals surface area (Å²) in [6.07, 6.45) is 1.62. The first-order valence-corrected chi connectivity index (χ1v) is 9.52. The largest absolute Gasteiger partial charge is 0.319 e. The maximum atomic E-state index is 13.6. The molecule has 0 heterocycles. The minimum absolute atomic E-state index is 0.0700. The van der Waals surface area contributed by atoms with Crippen molar-refractivity contribution in [1.29, 1.82) is 0 Å². The summed E-state index contributed by atoms with van der Waals surface area (Å²) in [5, 5.41) is 2.32. The van der Waals surface area contributed by atoms with E-state index in [9.17, 15) is 22.0 Å². The minimum atomic E-state index is -3.62. The van der Waals surface area contributed by atoms with Crippen LogP contribution >= 0.6 is 0 Å². The van der Waals surface area contributed by atoms with E-state index in [0.29, 0.717) is 12.6 Å². The fourth-order valence-corrected chi connectivity index (χ4v) is 3.45. The van der Waals surface area contributed by atoms with Gasteiger partial charge in [0, 0.05) is 25.2 Å². The van der Waals surface area contributed by atoms with Gasteiger partial charge in [0.05, 0.1) is 10.6 Å². The number of hydrogen-bond acceptors (Lipinski definition) is 3. The van der Waals surface area contributed by atoms with Gasteiger partial charge in [0.2, 0.25) is 10.0 Å². The third-order valence-corrected chi connectivity index (χ3v) is 5.70. The lowest BCUT2D eigenvalue weighted by molar-refractivity contribution is 0.102. The van der Waals surface area contributed by atoms with Gasteiger partial charge in [0.1, 0.15) is 11.6 Å². The highest BCUT2D eigenvalue weighted by Gasteiger charge is 2.20. The molecule has 8 heteroatoms. The topological polar surface area (TPSA) is 66.5 Å². The summed E-state index contributed by atoms with van der Waals surface area (Å²) in [4.78, 5) is 12.2. The number of carbonyl (C=O) groups excluding carboxylic acids is 1. The molecule has 0 aliphatic rings. The molecule has 0 aliphatic heterocycles. The quantitative estimate of drug-likeness (QED) is 0.795. The number of anilines is 1. The Labute approximate surface area is 151 Å². The Kier molecular flexibility index (Phi) is 6.44. The van der Waals surface area contributed by atoms with E-state index in [2.05, 4.69) is 5.32 Å². The number of sulfonamides is 1. The number of unbranched alkanes of at least 4 members (excludes halogenated alkanes) is 1. The number of nitrogens with one attached hydrogen (secondary N) is 1. The lowest BCUT2D eigenvalue weighted by atomic mass is 10.2. The Morgan fingerprint density at radius 1 is 1.12 bits per heavy atom. The molecule has 0 aromatic heterocycles. The summed E-state index contributed by atoms with van der Waals surface area (Å²) < 4.78 is 52.6. The molecule has 0 unspecified atom stereocenters. The van der Waals surface area contributed by atoms with E-state index in [4.69, 9.17) is 0 Å². The van der Waals surface area contributed by atoms with Gasteiger partial charge in [-0.15, -0.1) is 0 Å². The highest BCUT2D eigenvalue weighted by Crippen LogP contribution is 2.18. The Morgan fingerprint density at radius 3 is 2.35 bits per heavy atom. The Morgan fingerprint density at radius 2 is 1.77 bits per heavy atom. The van der Waals surface area contributed by atoms with Crippen LogP contribution in [-0.4, -0.2) is 32.2 Å². The van der Waals surface area contributed by atoms with Crippen molar-refractivity contribution in [3.63, 3.8) is 0 Å². The van der Waals surface area contributed by atoms with Gasteiger partial charge in [-0.25, -0.2) is 21.5 Å². The summed E-state index contributed by atoms with van der Waals surface area (Å²) in [6, 6.07) is 8.15. The fourth-order valence-electron chi connectivity index (χ4n) is 2.24. The molecule has 2 rings (SSSR count). The van der Waals surface area contributed by atoms with E-state index in [1.807, 2.05) is 6.92 Å². The highest BCUT2D eigenvalue weighted by atomic mass is 32.2. The van der Waals surface area contributed by atoms with Crippen LogP contribution in [0.2, 0.25) is 0 Å². The zero-order chi connectivity index (χ0) is 19.3. The lowest BCUT2D eigenvalue weighted by Crippen LogP contribution is -2.28. The molecule has 0 saturated carbocycles. The van der Waals surface area contributed by atoms with Crippen LogP contribution in [0, 0.1) is 11.6 Å². The van der Waals surface area contributed by atoms with Gasteiger partial charge in [-0.05, 0) is 42.8 Å². The molecule has 140 valence electrons. The number of rotatable bonds is 7. The van der Waals surface area contributed by atoms with E-state index >= 15 is 0 Å². The van der Waals surface area contributed by atoms with Crippen molar-refractivity contribution < 1.29 is 22.0 Å². The predicted molar refractivity (Wildman–Crippen MR) is 95.5 cm³/mol. The first-order valence-electron chi connectivity index (χ1n) is 8.08. The Balaban J connectivity index is 2.14. The number of nitrogens with zero attached hydrogens (tertiary/aromatic N) is 1. The third-order valence-electron chi connectivity index (χ3n) is 3.83. The van der Waals surface area contributed by atoms with E-state index in [1.165, 1.54) is 35.6 Å². The molecule has 0 aliphatic carbocycles. The average Bonchev–Trinajstić information content (AvgIpc) is 2.62. The highest BCUT2D eigenvalue weighted by molar-refractivity contribution is 7.89. The van der Waals surface area contributed by atoms with Crippen LogP contribution in [0.4, 0.5) is 14.5 Å². The zero-order valence-electron chi connectivity index (χ0n) is 14.5. The SMILES string of the molecule is CCCCN(C)S(=O)(=O)c1ccc(C(=O)Nc2ccc(F)cc2F)cc1. The third kappa shape index (κ3) is 4.64. The van der Waals surface area contributed by atoms with Crippen molar-refractivity contribution in [2.45, 2.75) is 24.7 Å². The lowest BCUT2D eigenvalue weighted by Gasteiger charge is -2.17. The van der Waals surface area contributed by atoms with Crippen molar-refractivity contribution in [2.75, 3.05) is 18.9 Å². The summed E-state index contributed by atoms with van der Waals surface area (Å²) in [5.74, 6) is -2.27. The standard InChI is InChI=1S/C18H20F2N2O3S/c1-3-4-11-22(2)26(24,25)15-8-5-13(6-9-15)18(23)21-17-10-7-14(19)12-16(17)20/h5-10,12H,3-4,11H2,1-2H3,(H,21,23). The second-order valence-corrected chi connectivity index (χ2v) is 7.83. The summed E-state index contributed by atoms with van der Waals surface area (Å²) in [7, 11) is -2.12. The molecule has 0 saturated heterocycles. The maximum Gasteiger partial charge on any atom is 0.255 e. The van der Waals surface area contributed by atoms with Crippen LogP contribution in [0.3, 0.4) is 0 Å². The molecule has 2 aromatic carbocycles. The molecule has 0 fully saturated rings. The van der Waals surface area contributed by atoms with Gasteiger partial charge < -0.3 is 5.32 Å². The van der Waals surface area contributed by atoms with Crippen molar-refractivity contribution >= 4 is 21.6 Å². The number of amides is 1. The summed E-state index contributed by atoms with van der Waals surface area (Å²) in [5.41, 5.74) is -0.00344. The molecule has 0 spiro atoms. The molecule has 26 heavy (non-hydrogen) atoms. The fraction of sp³-hybridized carbons (Fsp3) is 0.278. The van der Waals surface area contributed by atoms with Crippen LogP contribution < -0.4 is 5.32 Å². The van der Waals surface area contributed by atoms with E-state index in [1.54, 1.807) is 0 Å². The van der Waals surface area contributed by atoms with Crippen LogP contribution in [0.25, 0.3) is 0 Å². The second-order valence-electron chi connectivity index (χ2n) is 5.78. The molecule has 2 aromatic rings. The van der Waals surface area contributed by atoms with Crippen LogP contribution in [0.15, 0.2) is 47.4 Å². The van der Waals surface area contributed by atoms with Gasteiger partial charge in [0.15, 0.2) is 0 Å². The molecule has 1 amide bonds.